The summed E-state index contributed by atoms with van der Waals surface area (Å²) >= 11 is 0. The van der Waals surface area contributed by atoms with Gasteiger partial charge in [-0.05, 0) is 36.4 Å². The van der Waals surface area contributed by atoms with Crippen molar-refractivity contribution in [1.29, 1.82) is 5.26 Å². The molecule has 0 spiro atoms. The molecule has 2 aromatic carbocycles. The molecule has 8 nitrogen and oxygen atoms in total. The van der Waals surface area contributed by atoms with Crippen LogP contribution in [0.25, 0.3) is 4.85 Å². The molecule has 0 heterocycles. The van der Waals surface area contributed by atoms with Gasteiger partial charge in [-0.25, -0.2) is 4.85 Å². The molecule has 0 saturated heterocycles. The smallest absolute Gasteiger partial charge is 0.327 e. The summed E-state index contributed by atoms with van der Waals surface area (Å²) in [5.74, 6) is -0.253. The van der Waals surface area contributed by atoms with Gasteiger partial charge in [0.25, 0.3) is 0 Å². The predicted molar refractivity (Wildman–Crippen MR) is 87.8 cm³/mol. The van der Waals surface area contributed by atoms with Crippen molar-refractivity contribution in [2.75, 3.05) is 5.08 Å². The molecular weight excluding hydrogens is 368 g/mol. The van der Waals surface area contributed by atoms with Gasteiger partial charge in [0.05, 0.1) is 18.2 Å². The SMILES string of the molecule is [C-]#[N+]c1ccc(OS(=O)(=O)CS(=O)(=O)Oc2ccc(C#N)cc2)cc1. The van der Waals surface area contributed by atoms with E-state index >= 15 is 0 Å². The lowest BCUT2D eigenvalue weighted by molar-refractivity contribution is 0.475. The molecule has 0 saturated carbocycles. The van der Waals surface area contributed by atoms with E-state index in [9.17, 15) is 16.8 Å². The number of rotatable bonds is 6. The lowest BCUT2D eigenvalue weighted by Crippen LogP contribution is -2.24. The first-order valence-electron chi connectivity index (χ1n) is 6.55. The Labute approximate surface area is 144 Å². The summed E-state index contributed by atoms with van der Waals surface area (Å²) in [7, 11) is -8.98. The third-order valence-corrected chi connectivity index (χ3v) is 5.89. The van der Waals surface area contributed by atoms with Gasteiger partial charge in [0, 0.05) is 0 Å². The Hall–Kier alpha value is -3.08. The normalized spacial score (nSPS) is 11.1. The van der Waals surface area contributed by atoms with Crippen molar-refractivity contribution in [2.45, 2.75) is 0 Å². The highest BCUT2D eigenvalue weighted by atomic mass is 32.3. The van der Waals surface area contributed by atoms with Crippen molar-refractivity contribution in [3.8, 4) is 17.6 Å². The van der Waals surface area contributed by atoms with Crippen LogP contribution in [0.15, 0.2) is 48.5 Å². The minimum absolute atomic E-state index is 0.124. The van der Waals surface area contributed by atoms with E-state index in [2.05, 4.69) is 13.2 Å². The zero-order chi connectivity index (χ0) is 18.5. The molecular formula is C15H10N2O6S2. The molecule has 0 N–H and O–H groups in total. The molecule has 0 aromatic heterocycles. The van der Waals surface area contributed by atoms with E-state index in [1.165, 1.54) is 48.5 Å². The van der Waals surface area contributed by atoms with Crippen molar-refractivity contribution in [3.63, 3.8) is 0 Å². The lowest BCUT2D eigenvalue weighted by Gasteiger charge is -2.09. The van der Waals surface area contributed by atoms with Crippen LogP contribution in [0, 0.1) is 17.9 Å². The van der Waals surface area contributed by atoms with Gasteiger partial charge in [-0.15, -0.1) is 0 Å². The van der Waals surface area contributed by atoms with Crippen LogP contribution in [0.4, 0.5) is 5.69 Å². The molecule has 25 heavy (non-hydrogen) atoms. The van der Waals surface area contributed by atoms with Gasteiger partial charge in [0.15, 0.2) is 5.69 Å². The summed E-state index contributed by atoms with van der Waals surface area (Å²) in [5, 5.41) is 7.27. The van der Waals surface area contributed by atoms with Crippen LogP contribution < -0.4 is 8.37 Å². The number of hydrogen-bond donors (Lipinski definition) is 0. The van der Waals surface area contributed by atoms with Crippen molar-refractivity contribution in [2.24, 2.45) is 0 Å². The average molecular weight is 378 g/mol. The summed E-state index contributed by atoms with van der Waals surface area (Å²) in [6.07, 6.45) is 0. The van der Waals surface area contributed by atoms with E-state index in [0.717, 1.165) is 0 Å². The predicted octanol–water partition coefficient (Wildman–Crippen LogP) is 2.18. The third-order valence-electron chi connectivity index (χ3n) is 2.68. The van der Waals surface area contributed by atoms with E-state index in [0.29, 0.717) is 5.56 Å². The van der Waals surface area contributed by atoms with Gasteiger partial charge in [-0.2, -0.15) is 22.1 Å². The molecule has 0 atom stereocenters. The first kappa shape index (κ1) is 18.3. The van der Waals surface area contributed by atoms with E-state index in [4.69, 9.17) is 11.8 Å². The maximum atomic E-state index is 11.9. The molecule has 2 rings (SSSR count). The Bertz CT molecular complexity index is 957. The Kier molecular flexibility index (Phi) is 5.27. The van der Waals surface area contributed by atoms with Gasteiger partial charge < -0.3 is 8.37 Å². The zero-order valence-corrected chi connectivity index (χ0v) is 14.1. The van der Waals surface area contributed by atoms with Gasteiger partial charge in [-0.3, -0.25) is 0 Å². The molecule has 0 aliphatic carbocycles. The number of hydrogen-bond acceptors (Lipinski definition) is 7. The van der Waals surface area contributed by atoms with Gasteiger partial charge in [0.1, 0.15) is 11.5 Å². The molecule has 0 aliphatic rings. The quantitative estimate of drug-likeness (QED) is 0.559. The minimum atomic E-state index is -4.49. The molecule has 0 aliphatic heterocycles. The van der Waals surface area contributed by atoms with Crippen LogP contribution in [-0.2, 0) is 20.2 Å². The Morgan fingerprint density at radius 3 is 1.72 bits per heavy atom. The zero-order valence-electron chi connectivity index (χ0n) is 12.5. The number of nitrogens with zero attached hydrogens (tertiary/aromatic N) is 2. The van der Waals surface area contributed by atoms with Crippen molar-refractivity contribution >= 4 is 25.9 Å². The van der Waals surface area contributed by atoms with Gasteiger partial charge in [-0.1, -0.05) is 12.1 Å². The minimum Gasteiger partial charge on any atom is -0.382 e. The summed E-state index contributed by atoms with van der Waals surface area (Å²) < 4.78 is 56.9. The van der Waals surface area contributed by atoms with E-state index in [-0.39, 0.29) is 17.2 Å². The Morgan fingerprint density at radius 2 is 1.32 bits per heavy atom. The van der Waals surface area contributed by atoms with E-state index < -0.39 is 25.3 Å². The molecule has 128 valence electrons. The average Bonchev–Trinajstić information content (AvgIpc) is 2.54. The van der Waals surface area contributed by atoms with Crippen LogP contribution in [0.5, 0.6) is 11.5 Å². The molecule has 0 unspecified atom stereocenters. The van der Waals surface area contributed by atoms with Crippen molar-refractivity contribution < 1.29 is 25.2 Å². The standard InChI is InChI=1S/C15H10N2O6S2/c1-17-13-4-8-15(9-5-13)23-25(20,21)11-24(18,19)22-14-6-2-12(10-16)3-7-14/h2-9H,11H2. The van der Waals surface area contributed by atoms with E-state index in [1.807, 2.05) is 6.07 Å². The summed E-state index contributed by atoms with van der Waals surface area (Å²) in [5.41, 5.74) is 0.574. The molecule has 0 fully saturated rings. The monoisotopic (exact) mass is 378 g/mol. The fraction of sp³-hybridized carbons (Fsp3) is 0.0667. The number of nitriles is 1. The molecule has 0 bridgehead atoms. The lowest BCUT2D eigenvalue weighted by atomic mass is 10.2. The highest BCUT2D eigenvalue weighted by molar-refractivity contribution is 8.04. The second kappa shape index (κ2) is 7.21. The van der Waals surface area contributed by atoms with Crippen LogP contribution in [0.1, 0.15) is 5.56 Å². The summed E-state index contributed by atoms with van der Waals surface area (Å²) in [4.78, 5) is 3.14. The first-order chi connectivity index (χ1) is 11.7. The maximum absolute atomic E-state index is 11.9. The maximum Gasteiger partial charge on any atom is 0.327 e. The van der Waals surface area contributed by atoms with Crippen molar-refractivity contribution in [1.82, 2.24) is 0 Å². The largest absolute Gasteiger partial charge is 0.382 e. The van der Waals surface area contributed by atoms with Crippen LogP contribution in [0.2, 0.25) is 0 Å². The fourth-order valence-electron chi connectivity index (χ4n) is 1.68. The summed E-state index contributed by atoms with van der Waals surface area (Å²) in [6.45, 7) is 6.80. The fourth-order valence-corrected chi connectivity index (χ4v) is 4.29. The highest BCUT2D eigenvalue weighted by Gasteiger charge is 2.26. The van der Waals surface area contributed by atoms with Crippen molar-refractivity contribution in [3.05, 3.63) is 65.5 Å². The first-order valence-corrected chi connectivity index (χ1v) is 9.70. The topological polar surface area (TPSA) is 115 Å². The van der Waals surface area contributed by atoms with Crippen LogP contribution >= 0.6 is 0 Å². The molecule has 0 radical (unpaired) electrons. The highest BCUT2D eigenvalue weighted by Crippen LogP contribution is 2.20. The molecule has 0 amide bonds. The number of benzene rings is 2. The molecule has 2 aromatic rings. The molecule has 10 heteroatoms. The second-order valence-corrected chi connectivity index (χ2v) is 8.15. The third kappa shape index (κ3) is 5.49. The van der Waals surface area contributed by atoms with Gasteiger partial charge in [0.2, 0.25) is 5.08 Å². The summed E-state index contributed by atoms with van der Waals surface area (Å²) in [6, 6.07) is 12.1. The second-order valence-electron chi connectivity index (χ2n) is 4.64. The Morgan fingerprint density at radius 1 is 0.880 bits per heavy atom. The Balaban J connectivity index is 2.09. The van der Waals surface area contributed by atoms with Crippen LogP contribution in [0.3, 0.4) is 0 Å². The van der Waals surface area contributed by atoms with E-state index in [1.54, 1.807) is 0 Å². The van der Waals surface area contributed by atoms with Gasteiger partial charge >= 0.3 is 20.2 Å². The van der Waals surface area contributed by atoms with Crippen LogP contribution in [-0.4, -0.2) is 21.9 Å².